The highest BCUT2D eigenvalue weighted by molar-refractivity contribution is 5.59. The summed E-state index contributed by atoms with van der Waals surface area (Å²) in [6.45, 7) is 5.12. The van der Waals surface area contributed by atoms with Gasteiger partial charge in [0.2, 0.25) is 11.9 Å². The molecule has 1 fully saturated rings. The first-order valence-corrected chi connectivity index (χ1v) is 6.87. The van der Waals surface area contributed by atoms with Crippen LogP contribution in [-0.2, 0) is 6.54 Å². The second kappa shape index (κ2) is 3.98. The van der Waals surface area contributed by atoms with Crippen molar-refractivity contribution in [1.82, 2.24) is 14.8 Å². The van der Waals surface area contributed by atoms with E-state index < -0.39 is 0 Å². The van der Waals surface area contributed by atoms with E-state index in [1.165, 1.54) is 29.7 Å². The second-order valence-corrected chi connectivity index (χ2v) is 5.34. The van der Waals surface area contributed by atoms with Crippen molar-refractivity contribution in [2.24, 2.45) is 0 Å². The summed E-state index contributed by atoms with van der Waals surface area (Å²) in [6, 6.07) is 6.57. The van der Waals surface area contributed by atoms with Gasteiger partial charge in [0.05, 0.1) is 5.69 Å². The smallest absolute Gasteiger partial charge is 0.233 e. The molecule has 3 heterocycles. The minimum Gasteiger partial charge on any atom is -0.350 e. The fraction of sp³-hybridized carbons (Fsp3) is 0.429. The molecule has 2 aliphatic heterocycles. The van der Waals surface area contributed by atoms with Crippen molar-refractivity contribution in [3.63, 3.8) is 0 Å². The fourth-order valence-electron chi connectivity index (χ4n) is 2.98. The number of nitrogens with zero attached hydrogens (tertiary/aromatic N) is 4. The maximum absolute atomic E-state index is 4.38. The van der Waals surface area contributed by atoms with E-state index in [1.807, 2.05) is 0 Å². The van der Waals surface area contributed by atoms with Gasteiger partial charge in [-0.15, -0.1) is 10.2 Å². The molecule has 0 aliphatic carbocycles. The molecule has 0 radical (unpaired) electrons. The van der Waals surface area contributed by atoms with Crippen molar-refractivity contribution in [2.75, 3.05) is 23.3 Å². The van der Waals surface area contributed by atoms with Gasteiger partial charge in [-0.25, -0.2) is 4.57 Å². The van der Waals surface area contributed by atoms with Crippen LogP contribution in [0.5, 0.6) is 0 Å². The van der Waals surface area contributed by atoms with E-state index in [2.05, 4.69) is 50.1 Å². The number of benzene rings is 1. The molecule has 1 saturated heterocycles. The lowest BCUT2D eigenvalue weighted by Gasteiger charge is -2.24. The third-order valence-electron chi connectivity index (χ3n) is 3.95. The molecule has 0 atom stereocenters. The Balaban J connectivity index is 1.87. The summed E-state index contributed by atoms with van der Waals surface area (Å²) in [4.78, 5) is 2.33. The average Bonchev–Trinajstić information content (AvgIpc) is 3.06. The van der Waals surface area contributed by atoms with E-state index >= 15 is 0 Å². The van der Waals surface area contributed by atoms with Crippen LogP contribution in [-0.4, -0.2) is 27.9 Å². The summed E-state index contributed by atoms with van der Waals surface area (Å²) >= 11 is 0. The van der Waals surface area contributed by atoms with Gasteiger partial charge < -0.3 is 10.2 Å². The van der Waals surface area contributed by atoms with Crippen LogP contribution in [0.4, 0.5) is 11.9 Å². The van der Waals surface area contributed by atoms with Gasteiger partial charge in [-0.1, -0.05) is 17.7 Å². The monoisotopic (exact) mass is 255 g/mol. The number of anilines is 2. The molecule has 0 bridgehead atoms. The predicted molar refractivity (Wildman–Crippen MR) is 74.9 cm³/mol. The average molecular weight is 255 g/mol. The Hall–Kier alpha value is -2.04. The maximum Gasteiger partial charge on any atom is 0.233 e. The van der Waals surface area contributed by atoms with Gasteiger partial charge in [-0.3, -0.25) is 0 Å². The zero-order valence-electron chi connectivity index (χ0n) is 11.1. The molecule has 1 aromatic carbocycles. The molecule has 19 heavy (non-hydrogen) atoms. The van der Waals surface area contributed by atoms with Gasteiger partial charge in [-0.05, 0) is 31.4 Å². The highest BCUT2D eigenvalue weighted by Crippen LogP contribution is 2.31. The zero-order chi connectivity index (χ0) is 12.8. The Labute approximate surface area is 112 Å². The third kappa shape index (κ3) is 1.61. The van der Waals surface area contributed by atoms with Crippen molar-refractivity contribution < 1.29 is 0 Å². The summed E-state index contributed by atoms with van der Waals surface area (Å²) in [6.07, 6.45) is 2.49. The maximum atomic E-state index is 4.38. The molecule has 2 aliphatic rings. The number of aromatic nitrogens is 3. The van der Waals surface area contributed by atoms with E-state index in [4.69, 9.17) is 0 Å². The predicted octanol–water partition coefficient (Wildman–Crippen LogP) is 2.10. The number of hydrogen-bond donors (Lipinski definition) is 1. The van der Waals surface area contributed by atoms with E-state index in [-0.39, 0.29) is 0 Å². The lowest BCUT2D eigenvalue weighted by molar-refractivity contribution is 0.854. The lowest BCUT2D eigenvalue weighted by Crippen LogP contribution is -2.24. The van der Waals surface area contributed by atoms with Gasteiger partial charge in [0.25, 0.3) is 0 Å². The van der Waals surface area contributed by atoms with Crippen LogP contribution in [0.1, 0.15) is 24.0 Å². The number of aryl methyl sites for hydroxylation is 1. The molecule has 5 nitrogen and oxygen atoms in total. The third-order valence-corrected chi connectivity index (χ3v) is 3.95. The van der Waals surface area contributed by atoms with Crippen molar-refractivity contribution in [3.05, 3.63) is 29.3 Å². The van der Waals surface area contributed by atoms with Crippen LogP contribution in [0.3, 0.4) is 0 Å². The van der Waals surface area contributed by atoms with Crippen molar-refractivity contribution in [1.29, 1.82) is 0 Å². The molecule has 4 rings (SSSR count). The van der Waals surface area contributed by atoms with Crippen LogP contribution in [0, 0.1) is 6.92 Å². The van der Waals surface area contributed by atoms with E-state index in [9.17, 15) is 0 Å². The Morgan fingerprint density at radius 1 is 1.16 bits per heavy atom. The summed E-state index contributed by atoms with van der Waals surface area (Å²) in [5, 5.41) is 12.0. The molecule has 0 spiro atoms. The summed E-state index contributed by atoms with van der Waals surface area (Å²) in [7, 11) is 0. The standard InChI is InChI=1S/C14H17N5/c1-10-4-5-12-11(8-10)9-15-13-16-17-14(19(12)13)18-6-2-3-7-18/h4-5,8H,2-3,6-7,9H2,1H3,(H,15,16). The van der Waals surface area contributed by atoms with Crippen molar-refractivity contribution in [3.8, 4) is 5.69 Å². The number of fused-ring (bicyclic) bond motifs is 3. The molecule has 0 unspecified atom stereocenters. The topological polar surface area (TPSA) is 46.0 Å². The Morgan fingerprint density at radius 3 is 2.84 bits per heavy atom. The van der Waals surface area contributed by atoms with Gasteiger partial charge in [0, 0.05) is 19.6 Å². The minimum absolute atomic E-state index is 0.829. The van der Waals surface area contributed by atoms with Crippen molar-refractivity contribution in [2.45, 2.75) is 26.3 Å². The Morgan fingerprint density at radius 2 is 2.00 bits per heavy atom. The van der Waals surface area contributed by atoms with Crippen molar-refractivity contribution >= 4 is 11.9 Å². The molecule has 2 aromatic rings. The molecule has 5 heteroatoms. The number of nitrogens with one attached hydrogen (secondary N) is 1. The first-order chi connectivity index (χ1) is 9.33. The van der Waals surface area contributed by atoms with Crippen LogP contribution < -0.4 is 10.2 Å². The van der Waals surface area contributed by atoms with E-state index in [0.717, 1.165) is 31.5 Å². The van der Waals surface area contributed by atoms with Gasteiger partial charge in [0.15, 0.2) is 0 Å². The van der Waals surface area contributed by atoms with Crippen LogP contribution in [0.2, 0.25) is 0 Å². The lowest BCUT2D eigenvalue weighted by atomic mass is 10.1. The number of rotatable bonds is 1. The van der Waals surface area contributed by atoms with Gasteiger partial charge >= 0.3 is 0 Å². The zero-order valence-corrected chi connectivity index (χ0v) is 11.1. The Kier molecular flexibility index (Phi) is 2.27. The number of hydrogen-bond acceptors (Lipinski definition) is 4. The molecular formula is C14H17N5. The Bertz CT molecular complexity index is 625. The molecule has 0 amide bonds. The summed E-state index contributed by atoms with van der Waals surface area (Å²) in [5.74, 6) is 1.84. The van der Waals surface area contributed by atoms with E-state index in [0.29, 0.717) is 0 Å². The van der Waals surface area contributed by atoms with Crippen LogP contribution >= 0.6 is 0 Å². The highest BCUT2D eigenvalue weighted by Gasteiger charge is 2.25. The fourth-order valence-corrected chi connectivity index (χ4v) is 2.98. The molecule has 98 valence electrons. The first-order valence-electron chi connectivity index (χ1n) is 6.87. The second-order valence-electron chi connectivity index (χ2n) is 5.34. The SMILES string of the molecule is Cc1ccc2c(c1)CNc1nnc(N3CCCC3)n1-2. The normalized spacial score (nSPS) is 17.0. The molecule has 1 aromatic heterocycles. The van der Waals surface area contributed by atoms with Gasteiger partial charge in [-0.2, -0.15) is 0 Å². The summed E-state index contributed by atoms with van der Waals surface area (Å²) in [5.41, 5.74) is 3.82. The highest BCUT2D eigenvalue weighted by atomic mass is 15.5. The largest absolute Gasteiger partial charge is 0.350 e. The first kappa shape index (κ1) is 10.8. The molecular weight excluding hydrogens is 238 g/mol. The summed E-state index contributed by atoms with van der Waals surface area (Å²) < 4.78 is 2.16. The quantitative estimate of drug-likeness (QED) is 0.847. The van der Waals surface area contributed by atoms with E-state index in [1.54, 1.807) is 0 Å². The van der Waals surface area contributed by atoms with Crippen LogP contribution in [0.15, 0.2) is 18.2 Å². The van der Waals surface area contributed by atoms with Crippen LogP contribution in [0.25, 0.3) is 5.69 Å². The minimum atomic E-state index is 0.829. The molecule has 0 saturated carbocycles. The molecule has 1 N–H and O–H groups in total. The van der Waals surface area contributed by atoms with Gasteiger partial charge in [0.1, 0.15) is 0 Å².